The van der Waals surface area contributed by atoms with Crippen LogP contribution in [0.2, 0.25) is 0 Å². The summed E-state index contributed by atoms with van der Waals surface area (Å²) in [6.07, 6.45) is 35.5. The molecule has 4 saturated carbocycles. The van der Waals surface area contributed by atoms with Crippen LogP contribution in [0, 0.1) is 58.3 Å². The average Bonchev–Trinajstić information content (AvgIpc) is 0.712. The molecular formula is C113H110N2. The molecule has 2 nitrogen and oxygen atoms in total. The van der Waals surface area contributed by atoms with Crippen molar-refractivity contribution < 1.29 is 0 Å². The standard InChI is InChI=1S/C113H110N2/c1-77-40-56-90(57-41-77)105(86-25-10-6-11-26-86)72-82-48-64-95(65-49-82)114(96-66-50-83(51-67-96)73-106(87-27-12-7-13-28-87)91-58-42-78(2)43-59-91)112-99-34-19-18-33-94(99)76-109-101(37-23-38-103(109)112)111-100-35-20-21-36-102(100)113(104-39-22-24-81(5)110(104)111)115(97-68-52-84(53-69-97)74-107(88-29-14-8-15-30-88)92-60-44-79(3)45-61-92)98-70-54-85(55-71-98)75-108(89-31-16-9-17-32-89)93-62-46-80(4)47-63-93/h18-24,33-76,86-89H,6-17,25-32H2,1-5H3/b105-72+,106-73+,107-74+,108-75+. The van der Waals surface area contributed by atoms with Gasteiger partial charge >= 0.3 is 0 Å². The van der Waals surface area contributed by atoms with Crippen LogP contribution in [0.5, 0.6) is 0 Å². The second-order valence-corrected chi connectivity index (χ2v) is 34.4. The van der Waals surface area contributed by atoms with Crippen molar-refractivity contribution in [2.45, 2.75) is 163 Å². The Balaban J connectivity index is 0.818. The number of benzene rings is 14. The van der Waals surface area contributed by atoms with Gasteiger partial charge in [-0.2, -0.15) is 0 Å². The summed E-state index contributed by atoms with van der Waals surface area (Å²) in [4.78, 5) is 5.18. The number of nitrogens with zero attached hydrogens (tertiary/aromatic N) is 2. The third kappa shape index (κ3) is 16.0. The van der Waals surface area contributed by atoms with Gasteiger partial charge in [0.15, 0.2) is 0 Å². The van der Waals surface area contributed by atoms with E-state index in [2.05, 4.69) is 354 Å². The summed E-state index contributed by atoms with van der Waals surface area (Å²) in [7, 11) is 0. The molecule has 0 aliphatic heterocycles. The first-order valence-corrected chi connectivity index (χ1v) is 43.6. The van der Waals surface area contributed by atoms with E-state index in [4.69, 9.17) is 0 Å². The summed E-state index contributed by atoms with van der Waals surface area (Å²) in [5.41, 5.74) is 31.9. The van der Waals surface area contributed by atoms with E-state index in [-0.39, 0.29) is 0 Å². The number of aryl methyl sites for hydroxylation is 5. The molecule has 0 saturated heterocycles. The van der Waals surface area contributed by atoms with Gasteiger partial charge in [0.25, 0.3) is 0 Å². The number of rotatable bonds is 19. The Morgan fingerprint density at radius 2 is 0.539 bits per heavy atom. The summed E-state index contributed by atoms with van der Waals surface area (Å²) in [6, 6.07) is 111. The third-order valence-electron chi connectivity index (χ3n) is 26.4. The number of fused-ring (bicyclic) bond motifs is 4. The van der Waals surface area contributed by atoms with Gasteiger partial charge in [0.1, 0.15) is 0 Å². The smallest absolute Gasteiger partial charge is 0.0618 e. The number of hydrogen-bond acceptors (Lipinski definition) is 2. The van der Waals surface area contributed by atoms with Gasteiger partial charge in [-0.15, -0.1) is 0 Å². The van der Waals surface area contributed by atoms with E-state index in [1.54, 1.807) is 0 Å². The van der Waals surface area contributed by atoms with Crippen molar-refractivity contribution in [3.05, 3.63) is 357 Å². The lowest BCUT2D eigenvalue weighted by Gasteiger charge is -2.31. The molecule has 0 N–H and O–H groups in total. The Morgan fingerprint density at radius 1 is 0.252 bits per heavy atom. The van der Waals surface area contributed by atoms with Gasteiger partial charge in [-0.05, 0) is 269 Å². The van der Waals surface area contributed by atoms with E-state index >= 15 is 0 Å². The molecule has 4 aliphatic carbocycles. The molecule has 115 heavy (non-hydrogen) atoms. The van der Waals surface area contributed by atoms with E-state index in [1.807, 2.05) is 0 Å². The molecule has 14 aromatic carbocycles. The Morgan fingerprint density at radius 3 is 0.896 bits per heavy atom. The molecule has 0 atom stereocenters. The molecule has 0 unspecified atom stereocenters. The van der Waals surface area contributed by atoms with Crippen LogP contribution in [0.4, 0.5) is 34.1 Å². The van der Waals surface area contributed by atoms with Crippen LogP contribution in [0.25, 0.3) is 101 Å². The quantitative estimate of drug-likeness (QED) is 0.0588. The van der Waals surface area contributed by atoms with Crippen LogP contribution in [-0.2, 0) is 0 Å². The fourth-order valence-electron chi connectivity index (χ4n) is 20.2. The zero-order valence-electron chi connectivity index (χ0n) is 68.3. The highest BCUT2D eigenvalue weighted by molar-refractivity contribution is 6.27. The summed E-state index contributed by atoms with van der Waals surface area (Å²) in [5.74, 6) is 2.16. The van der Waals surface area contributed by atoms with Crippen LogP contribution in [0.15, 0.2) is 285 Å². The zero-order chi connectivity index (χ0) is 77.7. The predicted octanol–water partition coefficient (Wildman–Crippen LogP) is 32.9. The van der Waals surface area contributed by atoms with E-state index in [9.17, 15) is 0 Å². The van der Waals surface area contributed by atoms with Gasteiger partial charge in [0.2, 0.25) is 0 Å². The largest absolute Gasteiger partial charge is 0.309 e. The lowest BCUT2D eigenvalue weighted by Crippen LogP contribution is -2.12. The first-order chi connectivity index (χ1) is 56.6. The molecule has 572 valence electrons. The summed E-state index contributed by atoms with van der Waals surface area (Å²) >= 11 is 0. The second kappa shape index (κ2) is 34.0. The number of allylic oxidation sites excluding steroid dienone is 4. The van der Waals surface area contributed by atoms with E-state index < -0.39 is 0 Å². The lowest BCUT2D eigenvalue weighted by molar-refractivity contribution is 0.430. The van der Waals surface area contributed by atoms with E-state index in [0.717, 1.165) is 22.7 Å². The van der Waals surface area contributed by atoms with Crippen LogP contribution in [0.1, 0.15) is 201 Å². The van der Waals surface area contributed by atoms with Crippen molar-refractivity contribution in [1.82, 2.24) is 0 Å². The molecule has 14 aromatic rings. The maximum atomic E-state index is 2.59. The SMILES string of the molecule is Cc1ccc(/C(=C/c2ccc(N(c3ccc(/C=C(/c4ccc(C)cc4)C4CCCCC4)cc3)c3c4ccccc4cc4c(-c5c6ccccc6c(N(c6ccc(/C=C(/c7ccc(C)cc7)C7CCCCC7)cc6)c6ccc(/C=C(/c7ccc(C)cc7)C7CCCCC7)cc6)c6cccc(C)c56)cccc34)cc2)C2CCCCC2)cc1. The molecular weight excluding hydrogens is 1390 g/mol. The Kier molecular flexibility index (Phi) is 22.2. The highest BCUT2D eigenvalue weighted by Crippen LogP contribution is 2.54. The molecule has 0 radical (unpaired) electrons. The predicted molar refractivity (Wildman–Crippen MR) is 499 cm³/mol. The average molecular weight is 1500 g/mol. The normalized spacial score (nSPS) is 16.1. The topological polar surface area (TPSA) is 6.48 Å². The fourth-order valence-corrected chi connectivity index (χ4v) is 20.2. The molecule has 0 aromatic heterocycles. The molecule has 18 rings (SSSR count). The lowest BCUT2D eigenvalue weighted by atomic mass is 9.80. The summed E-state index contributed by atoms with van der Waals surface area (Å²) < 4.78 is 0. The van der Waals surface area contributed by atoms with Crippen molar-refractivity contribution in [3.63, 3.8) is 0 Å². The van der Waals surface area contributed by atoms with Gasteiger partial charge < -0.3 is 9.80 Å². The molecule has 0 amide bonds. The molecule has 0 heterocycles. The molecule has 0 spiro atoms. The minimum Gasteiger partial charge on any atom is -0.309 e. The van der Waals surface area contributed by atoms with Gasteiger partial charge in [-0.3, -0.25) is 0 Å². The van der Waals surface area contributed by atoms with Crippen LogP contribution >= 0.6 is 0 Å². The van der Waals surface area contributed by atoms with E-state index in [1.165, 1.54) is 289 Å². The van der Waals surface area contributed by atoms with Crippen molar-refractivity contribution in [1.29, 1.82) is 0 Å². The van der Waals surface area contributed by atoms with Gasteiger partial charge in [-0.1, -0.05) is 354 Å². The minimum absolute atomic E-state index is 0.540. The van der Waals surface area contributed by atoms with Gasteiger partial charge in [0, 0.05) is 44.3 Å². The van der Waals surface area contributed by atoms with Crippen LogP contribution in [-0.4, -0.2) is 0 Å². The van der Waals surface area contributed by atoms with Crippen LogP contribution in [0.3, 0.4) is 0 Å². The second-order valence-electron chi connectivity index (χ2n) is 34.4. The highest BCUT2D eigenvalue weighted by Gasteiger charge is 2.29. The summed E-state index contributed by atoms with van der Waals surface area (Å²) in [6.45, 7) is 11.2. The summed E-state index contributed by atoms with van der Waals surface area (Å²) in [5, 5.41) is 9.71. The monoisotopic (exact) mass is 1490 g/mol. The van der Waals surface area contributed by atoms with Crippen molar-refractivity contribution in [3.8, 4) is 11.1 Å². The maximum absolute atomic E-state index is 2.59. The van der Waals surface area contributed by atoms with Gasteiger partial charge in [-0.25, -0.2) is 0 Å². The van der Waals surface area contributed by atoms with Crippen molar-refractivity contribution in [2.75, 3.05) is 9.80 Å². The number of hydrogen-bond donors (Lipinski definition) is 0. The molecule has 4 fully saturated rings. The Labute approximate surface area is 684 Å². The van der Waals surface area contributed by atoms with Gasteiger partial charge in [0.05, 0.1) is 11.4 Å². The fraction of sp³-hybridized carbons (Fsp3) is 0.257. The third-order valence-corrected chi connectivity index (χ3v) is 26.4. The Bertz CT molecular complexity index is 5660. The Hall–Kier alpha value is -11.3. The van der Waals surface area contributed by atoms with E-state index in [0.29, 0.717) is 23.7 Å². The number of anilines is 6. The molecule has 4 aliphatic rings. The first kappa shape index (κ1) is 75.1. The zero-order valence-corrected chi connectivity index (χ0v) is 68.3. The van der Waals surface area contributed by atoms with Crippen molar-refractivity contribution >= 4 is 124 Å². The highest BCUT2D eigenvalue weighted by atomic mass is 15.2. The molecule has 2 heteroatoms. The van der Waals surface area contributed by atoms with Crippen LogP contribution < -0.4 is 9.80 Å². The maximum Gasteiger partial charge on any atom is 0.0618 e. The van der Waals surface area contributed by atoms with Crippen molar-refractivity contribution in [2.24, 2.45) is 23.7 Å². The first-order valence-electron chi connectivity index (χ1n) is 43.6. The minimum atomic E-state index is 0.540. The molecule has 0 bridgehead atoms.